The van der Waals surface area contributed by atoms with E-state index in [1.807, 2.05) is 0 Å². The molecule has 1 aliphatic rings. The maximum Gasteiger partial charge on any atom is 0.374 e. The number of rotatable bonds is 13. The summed E-state index contributed by atoms with van der Waals surface area (Å²) < 4.78 is 4.42. The molecule has 0 radical (unpaired) electrons. The Hall–Kier alpha value is -1.16. The summed E-state index contributed by atoms with van der Waals surface area (Å²) in [6.07, 6.45) is 16.6. The highest BCUT2D eigenvalue weighted by molar-refractivity contribution is 6.33. The second kappa shape index (κ2) is 13.1. The molecule has 1 unspecified atom stereocenters. The molecule has 0 aromatic rings. The van der Waals surface area contributed by atoms with Crippen LogP contribution in [0.3, 0.4) is 0 Å². The van der Waals surface area contributed by atoms with Crippen LogP contribution in [-0.2, 0) is 14.3 Å². The molecular weight excluding hydrogens is 316 g/mol. The Labute approximate surface area is 153 Å². The molecular formula is C21H36O4. The molecule has 0 spiro atoms. The summed E-state index contributed by atoms with van der Waals surface area (Å²) in [5.74, 6) is -0.330. The number of ether oxygens (including phenoxy) is 1. The molecule has 1 fully saturated rings. The number of aliphatic hydroxyl groups excluding tert-OH is 1. The maximum atomic E-state index is 11.4. The van der Waals surface area contributed by atoms with Crippen LogP contribution in [0.25, 0.3) is 0 Å². The van der Waals surface area contributed by atoms with E-state index in [0.717, 1.165) is 38.5 Å². The summed E-state index contributed by atoms with van der Waals surface area (Å²) in [6, 6.07) is 0. The Bertz CT molecular complexity index is 416. The van der Waals surface area contributed by atoms with Crippen LogP contribution in [-0.4, -0.2) is 30.1 Å². The lowest BCUT2D eigenvalue weighted by Gasteiger charge is -2.19. The fraction of sp³-hybridized carbons (Fsp3) is 0.810. The minimum absolute atomic E-state index is 0.188. The second-order valence-electron chi connectivity index (χ2n) is 7.26. The van der Waals surface area contributed by atoms with E-state index >= 15 is 0 Å². The van der Waals surface area contributed by atoms with Gasteiger partial charge in [-0.05, 0) is 50.4 Å². The summed E-state index contributed by atoms with van der Waals surface area (Å²) >= 11 is 0. The first-order chi connectivity index (χ1) is 12.1. The zero-order chi connectivity index (χ0) is 18.5. The maximum absolute atomic E-state index is 11.4. The van der Waals surface area contributed by atoms with Crippen molar-refractivity contribution in [1.82, 2.24) is 0 Å². The van der Waals surface area contributed by atoms with E-state index in [1.165, 1.54) is 32.8 Å². The molecule has 144 valence electrons. The van der Waals surface area contributed by atoms with Crippen LogP contribution < -0.4 is 0 Å². The molecule has 1 rings (SSSR count). The van der Waals surface area contributed by atoms with Gasteiger partial charge in [0.25, 0.3) is 0 Å². The number of Topliss-reactive ketones (excluding diaryl/α,β-unsaturated/α-hetero) is 1. The van der Waals surface area contributed by atoms with Gasteiger partial charge in [0.05, 0.1) is 13.2 Å². The summed E-state index contributed by atoms with van der Waals surface area (Å²) in [4.78, 5) is 22.4. The Morgan fingerprint density at radius 3 is 2.56 bits per heavy atom. The molecule has 0 saturated heterocycles. The Morgan fingerprint density at radius 1 is 1.08 bits per heavy atom. The highest BCUT2D eigenvalue weighted by Gasteiger charge is 2.32. The molecule has 0 amide bonds. The lowest BCUT2D eigenvalue weighted by molar-refractivity contribution is -0.151. The van der Waals surface area contributed by atoms with Crippen molar-refractivity contribution in [2.75, 3.05) is 7.11 Å². The molecule has 0 aliphatic heterocycles. The van der Waals surface area contributed by atoms with Gasteiger partial charge in [0.1, 0.15) is 0 Å². The summed E-state index contributed by atoms with van der Waals surface area (Å²) in [6.45, 7) is 2.23. The van der Waals surface area contributed by atoms with Crippen LogP contribution >= 0.6 is 0 Å². The molecule has 0 bridgehead atoms. The van der Waals surface area contributed by atoms with Crippen molar-refractivity contribution in [3.05, 3.63) is 12.2 Å². The zero-order valence-corrected chi connectivity index (χ0v) is 16.0. The third-order valence-corrected chi connectivity index (χ3v) is 5.30. The average Bonchev–Trinajstić information content (AvgIpc) is 2.96. The molecule has 0 aromatic heterocycles. The average molecular weight is 353 g/mol. The van der Waals surface area contributed by atoms with Crippen LogP contribution in [0.15, 0.2) is 12.2 Å². The fourth-order valence-electron chi connectivity index (χ4n) is 3.74. The van der Waals surface area contributed by atoms with E-state index in [4.69, 9.17) is 0 Å². The molecule has 4 nitrogen and oxygen atoms in total. The minimum Gasteiger partial charge on any atom is -0.463 e. The quantitative estimate of drug-likeness (QED) is 0.228. The van der Waals surface area contributed by atoms with E-state index in [0.29, 0.717) is 18.3 Å². The molecule has 25 heavy (non-hydrogen) atoms. The van der Waals surface area contributed by atoms with Gasteiger partial charge in [0.2, 0.25) is 5.78 Å². The molecule has 1 N–H and O–H groups in total. The first-order valence-electron chi connectivity index (χ1n) is 10.1. The number of aliphatic hydroxyl groups is 1. The molecule has 0 aromatic carbocycles. The Morgan fingerprint density at radius 2 is 1.84 bits per heavy atom. The number of hydrogen-bond donors (Lipinski definition) is 1. The molecule has 3 atom stereocenters. The molecule has 1 aliphatic carbocycles. The van der Waals surface area contributed by atoms with Gasteiger partial charge in [0, 0.05) is 6.42 Å². The number of allylic oxidation sites excluding steroid dienone is 2. The van der Waals surface area contributed by atoms with Gasteiger partial charge in [-0.1, -0.05) is 51.2 Å². The summed E-state index contributed by atoms with van der Waals surface area (Å²) in [7, 11) is 1.24. The van der Waals surface area contributed by atoms with Crippen LogP contribution in [0.5, 0.6) is 0 Å². The number of carbonyl (C=O) groups is 2. The summed E-state index contributed by atoms with van der Waals surface area (Å²) in [5.41, 5.74) is 0. The number of hydrogen-bond acceptors (Lipinski definition) is 4. The van der Waals surface area contributed by atoms with E-state index in [9.17, 15) is 14.7 Å². The second-order valence-corrected chi connectivity index (χ2v) is 7.26. The van der Waals surface area contributed by atoms with Gasteiger partial charge in [-0.15, -0.1) is 0 Å². The van der Waals surface area contributed by atoms with Gasteiger partial charge >= 0.3 is 5.97 Å². The monoisotopic (exact) mass is 352 g/mol. The Balaban J connectivity index is 2.22. The fourth-order valence-corrected chi connectivity index (χ4v) is 3.74. The third-order valence-electron chi connectivity index (χ3n) is 5.30. The van der Waals surface area contributed by atoms with E-state index in [-0.39, 0.29) is 12.5 Å². The van der Waals surface area contributed by atoms with Crippen molar-refractivity contribution in [3.63, 3.8) is 0 Å². The van der Waals surface area contributed by atoms with Crippen LogP contribution in [0, 0.1) is 11.8 Å². The lowest BCUT2D eigenvalue weighted by atomic mass is 9.88. The van der Waals surface area contributed by atoms with Gasteiger partial charge in [0.15, 0.2) is 0 Å². The van der Waals surface area contributed by atoms with Gasteiger partial charge in [-0.25, -0.2) is 4.79 Å². The predicted octanol–water partition coefficient (Wildman–Crippen LogP) is 4.59. The smallest absolute Gasteiger partial charge is 0.374 e. The predicted molar refractivity (Wildman–Crippen MR) is 100 cm³/mol. The van der Waals surface area contributed by atoms with Crippen LogP contribution in [0.2, 0.25) is 0 Å². The first-order valence-corrected chi connectivity index (χ1v) is 10.1. The molecule has 0 heterocycles. The van der Waals surface area contributed by atoms with Gasteiger partial charge in [-0.3, -0.25) is 4.79 Å². The molecule has 1 saturated carbocycles. The van der Waals surface area contributed by atoms with Crippen molar-refractivity contribution in [1.29, 1.82) is 0 Å². The number of ketones is 1. The van der Waals surface area contributed by atoms with E-state index in [1.54, 1.807) is 0 Å². The van der Waals surface area contributed by atoms with E-state index in [2.05, 4.69) is 23.8 Å². The van der Waals surface area contributed by atoms with Crippen molar-refractivity contribution < 1.29 is 19.4 Å². The number of carbonyl (C=O) groups excluding carboxylic acids is 2. The number of esters is 1. The standard InChI is InChI=1S/C21H36O4/c1-3-4-5-6-7-9-12-17-15-16-19(22)18(17)13-10-8-11-14-20(23)21(24)25-2/h9,12,17-19,22H,3-8,10-11,13-16H2,1-2H3/t17-,18+,19?/m0/s1. The minimum atomic E-state index is -0.740. The molecule has 4 heteroatoms. The zero-order valence-electron chi connectivity index (χ0n) is 16.0. The highest BCUT2D eigenvalue weighted by atomic mass is 16.5. The third kappa shape index (κ3) is 8.66. The normalized spacial score (nSPS) is 23.2. The number of methoxy groups -OCH3 is 1. The van der Waals surface area contributed by atoms with Crippen molar-refractivity contribution in [2.24, 2.45) is 11.8 Å². The lowest BCUT2D eigenvalue weighted by Crippen LogP contribution is -2.18. The van der Waals surface area contributed by atoms with Crippen molar-refractivity contribution in [3.8, 4) is 0 Å². The summed E-state index contributed by atoms with van der Waals surface area (Å²) in [5, 5.41) is 10.2. The first kappa shape index (κ1) is 21.9. The van der Waals surface area contributed by atoms with Crippen molar-refractivity contribution in [2.45, 2.75) is 90.1 Å². The largest absolute Gasteiger partial charge is 0.463 e. The van der Waals surface area contributed by atoms with Crippen LogP contribution in [0.1, 0.15) is 84.0 Å². The van der Waals surface area contributed by atoms with Crippen molar-refractivity contribution >= 4 is 11.8 Å². The highest BCUT2D eigenvalue weighted by Crippen LogP contribution is 2.36. The topological polar surface area (TPSA) is 63.6 Å². The van der Waals surface area contributed by atoms with E-state index < -0.39 is 11.8 Å². The number of unbranched alkanes of at least 4 members (excludes halogenated alkanes) is 6. The van der Waals surface area contributed by atoms with Gasteiger partial charge < -0.3 is 9.84 Å². The SMILES string of the molecule is CCCCCCC=C[C@H]1CCC(O)[C@@H]1CCCCCC(=O)C(=O)OC. The Kier molecular flexibility index (Phi) is 11.5. The van der Waals surface area contributed by atoms with Crippen LogP contribution in [0.4, 0.5) is 0 Å². The van der Waals surface area contributed by atoms with Gasteiger partial charge in [-0.2, -0.15) is 0 Å².